The van der Waals surface area contributed by atoms with Gasteiger partial charge in [-0.1, -0.05) is 6.08 Å². The highest BCUT2D eigenvalue weighted by atomic mass is 28.2. The Labute approximate surface area is 47.1 Å². The SMILES string of the molecule is CC=C(C)NO[SiH3]. The highest BCUT2D eigenvalue weighted by molar-refractivity contribution is 5.97. The van der Waals surface area contributed by atoms with Crippen LogP contribution < -0.4 is 5.48 Å². The molecule has 7 heavy (non-hydrogen) atoms. The van der Waals surface area contributed by atoms with E-state index in [-0.39, 0.29) is 0 Å². The smallest absolute Gasteiger partial charge is 0.183 e. The van der Waals surface area contributed by atoms with E-state index in [1.807, 2.05) is 19.9 Å². The highest BCUT2D eigenvalue weighted by Gasteiger charge is 1.75. The number of rotatable bonds is 2. The van der Waals surface area contributed by atoms with Gasteiger partial charge in [0.1, 0.15) is 0 Å². The molecular formula is C4H11NOSi. The van der Waals surface area contributed by atoms with Crippen LogP contribution in [0, 0.1) is 0 Å². The summed E-state index contributed by atoms with van der Waals surface area (Å²) in [7, 11) is 0.740. The minimum absolute atomic E-state index is 0.740. The van der Waals surface area contributed by atoms with Crippen LogP contribution in [0.4, 0.5) is 0 Å². The van der Waals surface area contributed by atoms with Gasteiger partial charge in [0.25, 0.3) is 0 Å². The first kappa shape index (κ1) is 6.72. The molecule has 0 amide bonds. The fraction of sp³-hybridized carbons (Fsp3) is 0.500. The van der Waals surface area contributed by atoms with Crippen LogP contribution in [-0.4, -0.2) is 10.5 Å². The largest absolute Gasteiger partial charge is 0.334 e. The van der Waals surface area contributed by atoms with Gasteiger partial charge in [-0.3, -0.25) is 5.48 Å². The second-order valence-electron chi connectivity index (χ2n) is 1.28. The van der Waals surface area contributed by atoms with Crippen molar-refractivity contribution in [1.29, 1.82) is 0 Å². The average molecular weight is 117 g/mol. The van der Waals surface area contributed by atoms with E-state index in [1.54, 1.807) is 0 Å². The molecule has 0 rings (SSSR count). The molecule has 0 heterocycles. The molecule has 0 fully saturated rings. The third-order valence-electron chi connectivity index (χ3n) is 0.696. The summed E-state index contributed by atoms with van der Waals surface area (Å²) in [4.78, 5) is 0. The topological polar surface area (TPSA) is 21.3 Å². The number of hydroxylamine groups is 1. The van der Waals surface area contributed by atoms with Crippen LogP contribution in [0.15, 0.2) is 11.8 Å². The number of nitrogens with one attached hydrogen (secondary N) is 1. The number of hydrogen-bond acceptors (Lipinski definition) is 2. The Kier molecular flexibility index (Phi) is 3.73. The van der Waals surface area contributed by atoms with E-state index >= 15 is 0 Å². The van der Waals surface area contributed by atoms with Crippen molar-refractivity contribution >= 4 is 10.5 Å². The Morgan fingerprint density at radius 1 is 1.86 bits per heavy atom. The molecule has 2 nitrogen and oxygen atoms in total. The molecule has 0 saturated carbocycles. The summed E-state index contributed by atoms with van der Waals surface area (Å²) in [6.45, 7) is 3.92. The van der Waals surface area contributed by atoms with Gasteiger partial charge in [-0.05, 0) is 13.8 Å². The Morgan fingerprint density at radius 2 is 2.43 bits per heavy atom. The molecular weight excluding hydrogens is 106 g/mol. The molecule has 0 saturated heterocycles. The van der Waals surface area contributed by atoms with Crippen LogP contribution >= 0.6 is 0 Å². The van der Waals surface area contributed by atoms with E-state index in [9.17, 15) is 0 Å². The van der Waals surface area contributed by atoms with Crippen molar-refractivity contribution in [3.05, 3.63) is 11.8 Å². The zero-order valence-corrected chi connectivity index (χ0v) is 6.99. The second kappa shape index (κ2) is 3.89. The predicted octanol–water partition coefficient (Wildman–Crippen LogP) is -0.288. The van der Waals surface area contributed by atoms with Crippen LogP contribution in [-0.2, 0) is 4.53 Å². The van der Waals surface area contributed by atoms with Crippen molar-refractivity contribution in [2.75, 3.05) is 0 Å². The van der Waals surface area contributed by atoms with Gasteiger partial charge in [-0.15, -0.1) is 0 Å². The Hall–Kier alpha value is -0.283. The Bertz CT molecular complexity index is 72.1. The van der Waals surface area contributed by atoms with Crippen LogP contribution in [0.1, 0.15) is 13.8 Å². The zero-order valence-electron chi connectivity index (χ0n) is 4.99. The van der Waals surface area contributed by atoms with Gasteiger partial charge in [0.05, 0.1) is 0 Å². The summed E-state index contributed by atoms with van der Waals surface area (Å²) in [5.74, 6) is 0. The lowest BCUT2D eigenvalue weighted by molar-refractivity contribution is 0.254. The first-order valence-corrected chi connectivity index (χ1v) is 3.04. The highest BCUT2D eigenvalue weighted by Crippen LogP contribution is 1.80. The first-order valence-electron chi connectivity index (χ1n) is 2.23. The molecule has 1 N–H and O–H groups in total. The molecule has 3 heteroatoms. The normalized spacial score (nSPS) is 12.0. The molecule has 0 aliphatic heterocycles. The van der Waals surface area contributed by atoms with E-state index in [2.05, 4.69) is 5.48 Å². The standard InChI is InChI=1S/C4H11NOSi/c1-3-4(2)5-6-7/h3,5H,1-2,7H3. The first-order chi connectivity index (χ1) is 3.31. The third-order valence-corrected chi connectivity index (χ3v) is 0.900. The molecule has 0 aliphatic rings. The lowest BCUT2D eigenvalue weighted by Gasteiger charge is -1.99. The maximum absolute atomic E-state index is 4.72. The van der Waals surface area contributed by atoms with Gasteiger partial charge >= 0.3 is 0 Å². The minimum Gasteiger partial charge on any atom is -0.334 e. The lowest BCUT2D eigenvalue weighted by Crippen LogP contribution is -2.08. The monoisotopic (exact) mass is 117 g/mol. The van der Waals surface area contributed by atoms with E-state index in [0.717, 1.165) is 16.2 Å². The number of hydrogen-bond donors (Lipinski definition) is 1. The summed E-state index contributed by atoms with van der Waals surface area (Å²) >= 11 is 0. The van der Waals surface area contributed by atoms with Gasteiger partial charge in [0.15, 0.2) is 10.5 Å². The molecule has 0 aromatic carbocycles. The van der Waals surface area contributed by atoms with Gasteiger partial charge in [0.2, 0.25) is 0 Å². The van der Waals surface area contributed by atoms with Gasteiger partial charge in [-0.25, -0.2) is 0 Å². The van der Waals surface area contributed by atoms with Gasteiger partial charge < -0.3 is 4.53 Å². The molecule has 0 bridgehead atoms. The summed E-state index contributed by atoms with van der Waals surface area (Å²) in [5, 5.41) is 0. The van der Waals surface area contributed by atoms with Crippen LogP contribution in [0.2, 0.25) is 0 Å². The van der Waals surface area contributed by atoms with Crippen molar-refractivity contribution in [3.8, 4) is 0 Å². The molecule has 0 atom stereocenters. The Balaban J connectivity index is 3.17. The molecule has 0 aromatic rings. The molecule has 0 aromatic heterocycles. The Morgan fingerprint density at radius 3 is 2.57 bits per heavy atom. The van der Waals surface area contributed by atoms with Crippen molar-refractivity contribution in [3.63, 3.8) is 0 Å². The van der Waals surface area contributed by atoms with Crippen molar-refractivity contribution in [2.24, 2.45) is 0 Å². The molecule has 0 unspecified atom stereocenters. The third kappa shape index (κ3) is 3.55. The molecule has 0 aliphatic carbocycles. The fourth-order valence-corrected chi connectivity index (χ4v) is 0.542. The van der Waals surface area contributed by atoms with Gasteiger partial charge in [0, 0.05) is 5.70 Å². The van der Waals surface area contributed by atoms with E-state index in [1.165, 1.54) is 0 Å². The quantitative estimate of drug-likeness (QED) is 0.396. The van der Waals surface area contributed by atoms with Gasteiger partial charge in [-0.2, -0.15) is 0 Å². The van der Waals surface area contributed by atoms with Crippen molar-refractivity contribution < 1.29 is 4.53 Å². The van der Waals surface area contributed by atoms with Crippen LogP contribution in [0.3, 0.4) is 0 Å². The summed E-state index contributed by atoms with van der Waals surface area (Å²) in [5.41, 5.74) is 3.78. The fourth-order valence-electron chi connectivity index (χ4n) is 0.220. The minimum atomic E-state index is 0.740. The number of allylic oxidation sites excluding steroid dienone is 2. The maximum Gasteiger partial charge on any atom is 0.183 e. The molecule has 0 radical (unpaired) electrons. The molecule has 42 valence electrons. The van der Waals surface area contributed by atoms with E-state index in [0.29, 0.717) is 0 Å². The summed E-state index contributed by atoms with van der Waals surface area (Å²) < 4.78 is 4.72. The average Bonchev–Trinajstić information content (AvgIpc) is 1.68. The van der Waals surface area contributed by atoms with Crippen LogP contribution in [0.5, 0.6) is 0 Å². The van der Waals surface area contributed by atoms with Crippen molar-refractivity contribution in [1.82, 2.24) is 5.48 Å². The van der Waals surface area contributed by atoms with E-state index < -0.39 is 0 Å². The lowest BCUT2D eigenvalue weighted by atomic mass is 10.5. The predicted molar refractivity (Wildman–Crippen MR) is 33.6 cm³/mol. The zero-order chi connectivity index (χ0) is 5.70. The second-order valence-corrected chi connectivity index (χ2v) is 1.69. The van der Waals surface area contributed by atoms with Crippen molar-refractivity contribution in [2.45, 2.75) is 13.8 Å². The summed E-state index contributed by atoms with van der Waals surface area (Å²) in [6, 6.07) is 0. The maximum atomic E-state index is 4.72. The van der Waals surface area contributed by atoms with E-state index in [4.69, 9.17) is 4.53 Å². The summed E-state index contributed by atoms with van der Waals surface area (Å²) in [6.07, 6.45) is 1.96. The molecule has 0 spiro atoms. The van der Waals surface area contributed by atoms with Crippen LogP contribution in [0.25, 0.3) is 0 Å².